The fourth-order valence-electron chi connectivity index (χ4n) is 2.59. The average Bonchev–Trinajstić information content (AvgIpc) is 3.11. The molecule has 0 spiro atoms. The lowest BCUT2D eigenvalue weighted by molar-refractivity contribution is 0.196. The van der Waals surface area contributed by atoms with Crippen LogP contribution in [0.5, 0.6) is 0 Å². The number of nitrogens with zero attached hydrogens (tertiary/aromatic N) is 2. The summed E-state index contributed by atoms with van der Waals surface area (Å²) in [6.45, 7) is 2.65. The Kier molecular flexibility index (Phi) is 4.39. The minimum atomic E-state index is -3.47. The number of hydrogen-bond acceptors (Lipinski definition) is 5. The number of nitrogens with one attached hydrogen (secondary N) is 2. The molecule has 0 bridgehead atoms. The van der Waals surface area contributed by atoms with Gasteiger partial charge >= 0.3 is 0 Å². The first-order chi connectivity index (χ1) is 10.1. The number of piperidine rings is 1. The van der Waals surface area contributed by atoms with Crippen LogP contribution in [0.1, 0.15) is 17.7 Å². The third-order valence-electron chi connectivity index (χ3n) is 3.57. The number of sulfonamides is 1. The summed E-state index contributed by atoms with van der Waals surface area (Å²) < 4.78 is 27.2. The molecule has 0 saturated carbocycles. The second-order valence-electron chi connectivity index (χ2n) is 5.21. The van der Waals surface area contributed by atoms with Crippen molar-refractivity contribution in [1.29, 1.82) is 0 Å². The largest absolute Gasteiger partial charge is 0.297 e. The van der Waals surface area contributed by atoms with E-state index in [1.807, 2.05) is 6.07 Å². The van der Waals surface area contributed by atoms with Crippen LogP contribution in [-0.2, 0) is 16.6 Å². The van der Waals surface area contributed by atoms with Crippen LogP contribution < -0.4 is 4.72 Å². The van der Waals surface area contributed by atoms with Crippen LogP contribution in [0.3, 0.4) is 0 Å². The van der Waals surface area contributed by atoms with E-state index in [1.54, 1.807) is 11.3 Å². The molecular formula is C13H18N4O2S2. The molecule has 1 fully saturated rings. The van der Waals surface area contributed by atoms with Gasteiger partial charge in [-0.25, -0.2) is 13.1 Å². The summed E-state index contributed by atoms with van der Waals surface area (Å²) in [5.74, 6) is 0. The molecule has 6 nitrogen and oxygen atoms in total. The molecule has 0 radical (unpaired) electrons. The lowest BCUT2D eigenvalue weighted by Gasteiger charge is -2.32. The van der Waals surface area contributed by atoms with Crippen molar-refractivity contribution < 1.29 is 8.42 Å². The summed E-state index contributed by atoms with van der Waals surface area (Å²) in [7, 11) is -3.47. The van der Waals surface area contributed by atoms with Gasteiger partial charge in [0.25, 0.3) is 0 Å². The smallest absolute Gasteiger partial charge is 0.243 e. The lowest BCUT2D eigenvalue weighted by Crippen LogP contribution is -2.47. The van der Waals surface area contributed by atoms with E-state index in [9.17, 15) is 8.42 Å². The molecule has 1 unspecified atom stereocenters. The lowest BCUT2D eigenvalue weighted by atomic mass is 10.1. The zero-order chi connectivity index (χ0) is 14.7. The van der Waals surface area contributed by atoms with Crippen molar-refractivity contribution in [3.05, 3.63) is 34.8 Å². The third-order valence-corrected chi connectivity index (χ3v) is 5.92. The van der Waals surface area contributed by atoms with Crippen LogP contribution in [-0.4, -0.2) is 42.6 Å². The van der Waals surface area contributed by atoms with Gasteiger partial charge in [-0.3, -0.25) is 10.00 Å². The van der Waals surface area contributed by atoms with Crippen molar-refractivity contribution >= 4 is 21.4 Å². The molecule has 2 aromatic rings. The third kappa shape index (κ3) is 3.70. The Bertz CT molecular complexity index is 652. The fraction of sp³-hybridized carbons (Fsp3) is 0.462. The maximum absolute atomic E-state index is 12.2. The molecule has 3 heterocycles. The first-order valence-corrected chi connectivity index (χ1v) is 9.25. The van der Waals surface area contributed by atoms with Gasteiger partial charge in [-0.2, -0.15) is 5.10 Å². The highest BCUT2D eigenvalue weighted by Gasteiger charge is 2.25. The van der Waals surface area contributed by atoms with Gasteiger partial charge in [0.2, 0.25) is 10.0 Å². The Labute approximate surface area is 128 Å². The maximum atomic E-state index is 12.2. The molecule has 1 aliphatic heterocycles. The summed E-state index contributed by atoms with van der Waals surface area (Å²) >= 11 is 1.74. The average molecular weight is 326 g/mol. The Hall–Kier alpha value is -1.22. The quantitative estimate of drug-likeness (QED) is 0.871. The Morgan fingerprint density at radius 3 is 3.14 bits per heavy atom. The molecule has 0 aliphatic carbocycles. The molecule has 0 aromatic carbocycles. The molecule has 2 aromatic heterocycles. The van der Waals surface area contributed by atoms with Crippen LogP contribution in [0.15, 0.2) is 34.8 Å². The summed E-state index contributed by atoms with van der Waals surface area (Å²) in [6, 6.07) is 4.12. The molecule has 114 valence electrons. The summed E-state index contributed by atoms with van der Waals surface area (Å²) in [5.41, 5.74) is 0. The fourth-order valence-corrected chi connectivity index (χ4v) is 4.50. The number of rotatable bonds is 5. The highest BCUT2D eigenvalue weighted by molar-refractivity contribution is 7.89. The number of H-pyrrole nitrogens is 1. The standard InChI is InChI=1S/C13H18N4O2S2/c18-21(19,13-7-14-15-8-13)16-11-3-1-5-17(9-11)10-12-4-2-6-20-12/h2,4,6-8,11,16H,1,3,5,9-10H2,(H,14,15). The molecular weight excluding hydrogens is 308 g/mol. The normalized spacial score (nSPS) is 20.7. The minimum absolute atomic E-state index is 0.0430. The zero-order valence-corrected chi connectivity index (χ0v) is 13.2. The van der Waals surface area contributed by atoms with E-state index in [0.29, 0.717) is 0 Å². The molecule has 1 aliphatic rings. The van der Waals surface area contributed by atoms with Gasteiger partial charge in [0.05, 0.1) is 6.20 Å². The van der Waals surface area contributed by atoms with Gasteiger partial charge in [-0.05, 0) is 30.8 Å². The van der Waals surface area contributed by atoms with Crippen LogP contribution in [0, 0.1) is 0 Å². The van der Waals surface area contributed by atoms with Gasteiger partial charge in [-0.1, -0.05) is 6.07 Å². The first kappa shape index (κ1) is 14.7. The second-order valence-corrected chi connectivity index (χ2v) is 7.96. The summed E-state index contributed by atoms with van der Waals surface area (Å²) in [4.78, 5) is 3.81. The maximum Gasteiger partial charge on any atom is 0.243 e. The van der Waals surface area contributed by atoms with Gasteiger partial charge in [-0.15, -0.1) is 11.3 Å². The highest BCUT2D eigenvalue weighted by atomic mass is 32.2. The van der Waals surface area contributed by atoms with Crippen molar-refractivity contribution in [3.63, 3.8) is 0 Å². The van der Waals surface area contributed by atoms with Crippen molar-refractivity contribution in [2.75, 3.05) is 13.1 Å². The minimum Gasteiger partial charge on any atom is -0.297 e. The molecule has 2 N–H and O–H groups in total. The van der Waals surface area contributed by atoms with E-state index in [1.165, 1.54) is 17.3 Å². The number of aromatic amines is 1. The molecule has 3 rings (SSSR count). The first-order valence-electron chi connectivity index (χ1n) is 6.89. The Morgan fingerprint density at radius 2 is 2.43 bits per heavy atom. The highest BCUT2D eigenvalue weighted by Crippen LogP contribution is 2.18. The van der Waals surface area contributed by atoms with Crippen molar-refractivity contribution in [2.45, 2.75) is 30.3 Å². The molecule has 21 heavy (non-hydrogen) atoms. The number of aromatic nitrogens is 2. The number of likely N-dealkylation sites (tertiary alicyclic amines) is 1. The Balaban J connectivity index is 1.61. The summed E-state index contributed by atoms with van der Waals surface area (Å²) in [6.07, 6.45) is 4.60. The SMILES string of the molecule is O=S(=O)(NC1CCCN(Cc2cccs2)C1)c1cn[nH]c1. The van der Waals surface area contributed by atoms with Crippen LogP contribution >= 0.6 is 11.3 Å². The van der Waals surface area contributed by atoms with Gasteiger partial charge in [0.15, 0.2) is 0 Å². The van der Waals surface area contributed by atoms with E-state index in [-0.39, 0.29) is 10.9 Å². The van der Waals surface area contributed by atoms with Crippen LogP contribution in [0.25, 0.3) is 0 Å². The number of hydrogen-bond donors (Lipinski definition) is 2. The molecule has 1 saturated heterocycles. The van der Waals surface area contributed by atoms with Crippen LogP contribution in [0.2, 0.25) is 0 Å². The predicted octanol–water partition coefficient (Wildman–Crippen LogP) is 1.41. The van der Waals surface area contributed by atoms with E-state index < -0.39 is 10.0 Å². The van der Waals surface area contributed by atoms with E-state index in [4.69, 9.17) is 0 Å². The van der Waals surface area contributed by atoms with E-state index in [0.717, 1.165) is 32.5 Å². The van der Waals surface area contributed by atoms with Crippen LogP contribution in [0.4, 0.5) is 0 Å². The van der Waals surface area contributed by atoms with Gasteiger partial charge in [0, 0.05) is 30.2 Å². The zero-order valence-electron chi connectivity index (χ0n) is 11.5. The molecule has 1 atom stereocenters. The van der Waals surface area contributed by atoms with E-state index >= 15 is 0 Å². The van der Waals surface area contributed by atoms with Gasteiger partial charge in [0.1, 0.15) is 4.90 Å². The van der Waals surface area contributed by atoms with E-state index in [2.05, 4.69) is 31.3 Å². The van der Waals surface area contributed by atoms with Gasteiger partial charge < -0.3 is 0 Å². The summed E-state index contributed by atoms with van der Waals surface area (Å²) in [5, 5.41) is 8.29. The molecule has 0 amide bonds. The molecule has 8 heteroatoms. The Morgan fingerprint density at radius 1 is 1.52 bits per heavy atom. The number of thiophene rings is 1. The second kappa shape index (κ2) is 6.27. The van der Waals surface area contributed by atoms with Crippen molar-refractivity contribution in [2.24, 2.45) is 0 Å². The predicted molar refractivity (Wildman–Crippen MR) is 81.5 cm³/mol. The van der Waals surface area contributed by atoms with Crippen molar-refractivity contribution in [1.82, 2.24) is 19.8 Å². The monoisotopic (exact) mass is 326 g/mol. The van der Waals surface area contributed by atoms with Crippen molar-refractivity contribution in [3.8, 4) is 0 Å². The topological polar surface area (TPSA) is 78.1 Å².